The van der Waals surface area contributed by atoms with Gasteiger partial charge >= 0.3 is 5.97 Å². The van der Waals surface area contributed by atoms with Gasteiger partial charge in [0.2, 0.25) is 0 Å². The van der Waals surface area contributed by atoms with Crippen molar-refractivity contribution in [1.82, 2.24) is 0 Å². The van der Waals surface area contributed by atoms with Gasteiger partial charge in [0.15, 0.2) is 0 Å². The monoisotopic (exact) mass is 299 g/mol. The third-order valence-electron chi connectivity index (χ3n) is 3.19. The minimum Gasteiger partial charge on any atom is -0.465 e. The number of carbonyl (C=O) groups excluding carboxylic acids is 1. The molecule has 0 aliphatic carbocycles. The fourth-order valence-electron chi connectivity index (χ4n) is 2.11. The number of thiophene rings is 1. The molecule has 0 N–H and O–H groups in total. The van der Waals surface area contributed by atoms with Crippen LogP contribution in [0.25, 0.3) is 16.2 Å². The van der Waals surface area contributed by atoms with E-state index < -0.39 is 0 Å². The standard InChI is InChI=1S/C17H17NO2S/c1-20-17(19)16-12-14-13(9-7-10-15(14)21-16)8-5-3-2-4-6-11-18/h5,7-10,12H,2-4,6H2,1H3/b8-5+. The van der Waals surface area contributed by atoms with Crippen LogP contribution >= 0.6 is 11.3 Å². The zero-order chi connectivity index (χ0) is 15.1. The van der Waals surface area contributed by atoms with E-state index in [1.165, 1.54) is 18.4 Å². The summed E-state index contributed by atoms with van der Waals surface area (Å²) in [7, 11) is 1.40. The second kappa shape index (κ2) is 7.61. The third kappa shape index (κ3) is 3.93. The highest BCUT2D eigenvalue weighted by molar-refractivity contribution is 7.20. The number of carbonyl (C=O) groups is 1. The highest BCUT2D eigenvalue weighted by atomic mass is 32.1. The Labute approximate surface area is 128 Å². The predicted molar refractivity (Wildman–Crippen MR) is 86.3 cm³/mol. The first-order valence-corrected chi connectivity index (χ1v) is 7.72. The molecule has 0 saturated carbocycles. The largest absolute Gasteiger partial charge is 0.465 e. The molecule has 0 unspecified atom stereocenters. The fourth-order valence-corrected chi connectivity index (χ4v) is 3.12. The molecule has 1 heterocycles. The summed E-state index contributed by atoms with van der Waals surface area (Å²) < 4.78 is 5.85. The van der Waals surface area contributed by atoms with E-state index in [0.717, 1.165) is 34.9 Å². The molecule has 1 aromatic heterocycles. The zero-order valence-electron chi connectivity index (χ0n) is 12.0. The van der Waals surface area contributed by atoms with Gasteiger partial charge in [0, 0.05) is 16.5 Å². The Kier molecular flexibility index (Phi) is 5.53. The maximum absolute atomic E-state index is 11.6. The van der Waals surface area contributed by atoms with Crippen molar-refractivity contribution in [1.29, 1.82) is 5.26 Å². The van der Waals surface area contributed by atoms with Crippen LogP contribution in [0.4, 0.5) is 0 Å². The van der Waals surface area contributed by atoms with Crippen molar-refractivity contribution in [3.63, 3.8) is 0 Å². The lowest BCUT2D eigenvalue weighted by molar-refractivity contribution is 0.0606. The number of esters is 1. The Morgan fingerprint density at radius 2 is 2.29 bits per heavy atom. The summed E-state index contributed by atoms with van der Waals surface area (Å²) in [6.07, 6.45) is 7.76. The first-order chi connectivity index (χ1) is 10.3. The van der Waals surface area contributed by atoms with E-state index in [-0.39, 0.29) is 5.97 Å². The van der Waals surface area contributed by atoms with Crippen LogP contribution in [0.2, 0.25) is 0 Å². The van der Waals surface area contributed by atoms with Crippen LogP contribution < -0.4 is 0 Å². The van der Waals surface area contributed by atoms with Crippen LogP contribution in [0, 0.1) is 11.3 Å². The number of nitrogens with zero attached hydrogens (tertiary/aromatic N) is 1. The highest BCUT2D eigenvalue weighted by Crippen LogP contribution is 2.29. The van der Waals surface area contributed by atoms with Gasteiger partial charge in [-0.3, -0.25) is 0 Å². The quantitative estimate of drug-likeness (QED) is 0.569. The second-order valence-corrected chi connectivity index (χ2v) is 5.75. The Hall–Kier alpha value is -2.12. The molecular formula is C17H17NO2S. The molecule has 0 radical (unpaired) electrons. The van der Waals surface area contributed by atoms with Crippen LogP contribution in [-0.2, 0) is 4.74 Å². The van der Waals surface area contributed by atoms with E-state index in [9.17, 15) is 4.79 Å². The summed E-state index contributed by atoms with van der Waals surface area (Å²) in [5, 5.41) is 9.56. The first-order valence-electron chi connectivity index (χ1n) is 6.90. The van der Waals surface area contributed by atoms with Crippen molar-refractivity contribution in [3.05, 3.63) is 40.8 Å². The minimum absolute atomic E-state index is 0.289. The lowest BCUT2D eigenvalue weighted by Crippen LogP contribution is -1.96. The number of fused-ring (bicyclic) bond motifs is 1. The molecule has 108 valence electrons. The topological polar surface area (TPSA) is 50.1 Å². The minimum atomic E-state index is -0.289. The number of hydrogen-bond donors (Lipinski definition) is 0. The molecule has 0 atom stereocenters. The molecule has 0 fully saturated rings. The van der Waals surface area contributed by atoms with Gasteiger partial charge in [-0.05, 0) is 37.0 Å². The van der Waals surface area contributed by atoms with Gasteiger partial charge in [-0.15, -0.1) is 11.3 Å². The molecule has 1 aromatic carbocycles. The fraction of sp³-hybridized carbons (Fsp3) is 0.294. The Balaban J connectivity index is 2.13. The molecule has 2 rings (SSSR count). The average molecular weight is 299 g/mol. The highest BCUT2D eigenvalue weighted by Gasteiger charge is 2.11. The number of benzene rings is 1. The summed E-state index contributed by atoms with van der Waals surface area (Å²) in [5.41, 5.74) is 1.11. The molecule has 21 heavy (non-hydrogen) atoms. The molecule has 0 saturated heterocycles. The Bertz CT molecular complexity index is 694. The number of nitriles is 1. The van der Waals surface area contributed by atoms with Crippen molar-refractivity contribution in [2.45, 2.75) is 25.7 Å². The van der Waals surface area contributed by atoms with Crippen LogP contribution in [0.1, 0.15) is 40.9 Å². The van der Waals surface area contributed by atoms with Crippen molar-refractivity contribution < 1.29 is 9.53 Å². The molecule has 0 bridgehead atoms. The lowest BCUT2D eigenvalue weighted by Gasteiger charge is -1.96. The maximum Gasteiger partial charge on any atom is 0.348 e. The van der Waals surface area contributed by atoms with Crippen LogP contribution in [-0.4, -0.2) is 13.1 Å². The number of allylic oxidation sites excluding steroid dienone is 1. The third-order valence-corrected chi connectivity index (χ3v) is 4.27. The molecule has 0 aliphatic rings. The molecule has 0 aliphatic heterocycles. The molecule has 0 amide bonds. The van der Waals surface area contributed by atoms with Crippen LogP contribution in [0.5, 0.6) is 0 Å². The average Bonchev–Trinajstić information content (AvgIpc) is 2.94. The van der Waals surface area contributed by atoms with E-state index in [0.29, 0.717) is 11.3 Å². The van der Waals surface area contributed by atoms with Crippen molar-refractivity contribution >= 4 is 33.5 Å². The SMILES string of the molecule is COC(=O)c1cc2c(/C=C/CCCCC#N)cccc2s1. The van der Waals surface area contributed by atoms with Gasteiger partial charge in [-0.2, -0.15) is 5.26 Å². The van der Waals surface area contributed by atoms with E-state index in [1.54, 1.807) is 0 Å². The van der Waals surface area contributed by atoms with Gasteiger partial charge in [-0.25, -0.2) is 4.79 Å². The number of hydrogen-bond acceptors (Lipinski definition) is 4. The normalized spacial score (nSPS) is 10.9. The lowest BCUT2D eigenvalue weighted by atomic mass is 10.1. The van der Waals surface area contributed by atoms with Crippen molar-refractivity contribution in [2.24, 2.45) is 0 Å². The summed E-state index contributed by atoms with van der Waals surface area (Å²) in [6.45, 7) is 0. The summed E-state index contributed by atoms with van der Waals surface area (Å²) >= 11 is 1.45. The second-order valence-electron chi connectivity index (χ2n) is 4.67. The summed E-state index contributed by atoms with van der Waals surface area (Å²) in [6, 6.07) is 10.1. The maximum atomic E-state index is 11.6. The molecule has 2 aromatic rings. The zero-order valence-corrected chi connectivity index (χ0v) is 12.8. The van der Waals surface area contributed by atoms with E-state index in [1.807, 2.05) is 24.3 Å². The Morgan fingerprint density at radius 3 is 3.05 bits per heavy atom. The van der Waals surface area contributed by atoms with Gasteiger partial charge in [0.1, 0.15) is 4.88 Å². The van der Waals surface area contributed by atoms with Crippen LogP contribution in [0.15, 0.2) is 30.3 Å². The molecule has 0 spiro atoms. The smallest absolute Gasteiger partial charge is 0.348 e. The molecule has 3 nitrogen and oxygen atoms in total. The Morgan fingerprint density at radius 1 is 1.43 bits per heavy atom. The van der Waals surface area contributed by atoms with Gasteiger partial charge < -0.3 is 4.74 Å². The van der Waals surface area contributed by atoms with Gasteiger partial charge in [-0.1, -0.05) is 24.3 Å². The number of ether oxygens (including phenoxy) is 1. The number of methoxy groups -OCH3 is 1. The van der Waals surface area contributed by atoms with Crippen LogP contribution in [0.3, 0.4) is 0 Å². The first kappa shape index (κ1) is 15.3. The van der Waals surface area contributed by atoms with Crippen molar-refractivity contribution in [3.8, 4) is 6.07 Å². The van der Waals surface area contributed by atoms with Crippen molar-refractivity contribution in [2.75, 3.05) is 7.11 Å². The summed E-state index contributed by atoms with van der Waals surface area (Å²) in [4.78, 5) is 12.2. The number of rotatable bonds is 6. The van der Waals surface area contributed by atoms with Gasteiger partial charge in [0.25, 0.3) is 0 Å². The summed E-state index contributed by atoms with van der Waals surface area (Å²) in [5.74, 6) is -0.289. The molecule has 4 heteroatoms. The van der Waals surface area contributed by atoms with E-state index >= 15 is 0 Å². The number of unbranched alkanes of at least 4 members (excludes halogenated alkanes) is 3. The van der Waals surface area contributed by atoms with E-state index in [2.05, 4.69) is 18.2 Å². The van der Waals surface area contributed by atoms with Gasteiger partial charge in [0.05, 0.1) is 13.2 Å². The van der Waals surface area contributed by atoms with E-state index in [4.69, 9.17) is 10.00 Å². The molecular weight excluding hydrogens is 282 g/mol. The predicted octanol–water partition coefficient (Wildman–Crippen LogP) is 4.79.